The van der Waals surface area contributed by atoms with Crippen LogP contribution in [0.3, 0.4) is 0 Å². The van der Waals surface area contributed by atoms with Crippen LogP contribution in [-0.2, 0) is 0 Å². The van der Waals surface area contributed by atoms with Crippen LogP contribution in [0.1, 0.15) is 13.8 Å². The molecular weight excluding hydrogens is 174 g/mol. The maximum absolute atomic E-state index is 10.3. The van der Waals surface area contributed by atoms with Gasteiger partial charge in [-0.2, -0.15) is 0 Å². The fourth-order valence-corrected chi connectivity index (χ4v) is 0.744. The van der Waals surface area contributed by atoms with Crippen molar-refractivity contribution < 1.29 is 4.79 Å². The molecule has 0 atom stereocenters. The third kappa shape index (κ3) is 4.74. The van der Waals surface area contributed by atoms with Crippen molar-refractivity contribution in [2.24, 2.45) is 0 Å². The first-order valence-corrected chi connectivity index (χ1v) is 4.18. The van der Waals surface area contributed by atoms with Crippen molar-refractivity contribution in [2.45, 2.75) is 13.8 Å². The van der Waals surface area contributed by atoms with E-state index in [0.29, 0.717) is 5.69 Å². The highest BCUT2D eigenvalue weighted by Gasteiger charge is 1.92. The topological polar surface area (TPSA) is 29.1 Å². The predicted molar refractivity (Wildman–Crippen MR) is 52.7 cm³/mol. The summed E-state index contributed by atoms with van der Waals surface area (Å²) in [5.74, 6) is 0. The van der Waals surface area contributed by atoms with E-state index in [1.54, 1.807) is 12.1 Å². The largest absolute Gasteiger partial charge is 0.318 e. The van der Waals surface area contributed by atoms with Crippen molar-refractivity contribution in [1.82, 2.24) is 0 Å². The van der Waals surface area contributed by atoms with E-state index in [9.17, 15) is 4.79 Å². The molecule has 3 heteroatoms. The number of carbonyl (C=O) groups excluding carboxylic acids is 1. The Balaban J connectivity index is 0.000000561. The van der Waals surface area contributed by atoms with Crippen LogP contribution in [-0.4, -0.2) is 5.37 Å². The fourth-order valence-electron chi connectivity index (χ4n) is 0.635. The van der Waals surface area contributed by atoms with E-state index in [2.05, 4.69) is 5.32 Å². The van der Waals surface area contributed by atoms with Gasteiger partial charge in [0.05, 0.1) is 0 Å². The van der Waals surface area contributed by atoms with E-state index in [4.69, 9.17) is 11.6 Å². The Morgan fingerprint density at radius 1 is 1.25 bits per heavy atom. The molecule has 0 saturated carbocycles. The molecule has 0 radical (unpaired) electrons. The van der Waals surface area contributed by atoms with Gasteiger partial charge in [-0.3, -0.25) is 4.79 Å². The summed E-state index contributed by atoms with van der Waals surface area (Å²) in [4.78, 5) is 10.3. The SMILES string of the molecule is CC.O=C(Cl)Nc1ccccc1. The second-order valence-corrected chi connectivity index (χ2v) is 2.11. The molecule has 1 aromatic carbocycles. The lowest BCUT2D eigenvalue weighted by atomic mass is 10.3. The monoisotopic (exact) mass is 185 g/mol. The van der Waals surface area contributed by atoms with E-state index < -0.39 is 5.37 Å². The second kappa shape index (κ2) is 6.68. The van der Waals surface area contributed by atoms with Crippen LogP contribution in [0.4, 0.5) is 10.5 Å². The highest BCUT2D eigenvalue weighted by molar-refractivity contribution is 6.65. The molecule has 1 amide bonds. The molecule has 12 heavy (non-hydrogen) atoms. The Kier molecular flexibility index (Phi) is 6.11. The van der Waals surface area contributed by atoms with Crippen LogP contribution in [0.5, 0.6) is 0 Å². The zero-order valence-corrected chi connectivity index (χ0v) is 7.93. The minimum absolute atomic E-state index is 0.564. The lowest BCUT2D eigenvalue weighted by Gasteiger charge is -1.96. The molecule has 0 heterocycles. The van der Waals surface area contributed by atoms with Crippen molar-refractivity contribution in [3.63, 3.8) is 0 Å². The molecule has 1 aromatic rings. The van der Waals surface area contributed by atoms with Crippen molar-refractivity contribution >= 4 is 22.7 Å². The first kappa shape index (κ1) is 11.0. The van der Waals surface area contributed by atoms with E-state index >= 15 is 0 Å². The number of hydrogen-bond donors (Lipinski definition) is 1. The van der Waals surface area contributed by atoms with Crippen molar-refractivity contribution in [3.8, 4) is 0 Å². The van der Waals surface area contributed by atoms with E-state index in [-0.39, 0.29) is 0 Å². The highest BCUT2D eigenvalue weighted by Crippen LogP contribution is 2.05. The maximum atomic E-state index is 10.3. The summed E-state index contributed by atoms with van der Waals surface area (Å²) in [5.41, 5.74) is 0.711. The van der Waals surface area contributed by atoms with Crippen LogP contribution in [0.25, 0.3) is 0 Å². The molecule has 0 spiro atoms. The van der Waals surface area contributed by atoms with Gasteiger partial charge in [0.25, 0.3) is 0 Å². The molecule has 1 rings (SSSR count). The fraction of sp³-hybridized carbons (Fsp3) is 0.222. The molecule has 0 bridgehead atoms. The van der Waals surface area contributed by atoms with E-state index in [0.717, 1.165) is 0 Å². The van der Waals surface area contributed by atoms with Gasteiger partial charge in [0, 0.05) is 5.69 Å². The first-order chi connectivity index (χ1) is 5.79. The quantitative estimate of drug-likeness (QED) is 0.527. The standard InChI is InChI=1S/C7H6ClNO.C2H6/c8-7(10)9-6-4-2-1-3-5-6;1-2/h1-5H,(H,9,10);1-2H3. The summed E-state index contributed by atoms with van der Waals surface area (Å²) in [6.07, 6.45) is 0. The Morgan fingerprint density at radius 2 is 1.75 bits per heavy atom. The lowest BCUT2D eigenvalue weighted by Crippen LogP contribution is -1.99. The highest BCUT2D eigenvalue weighted by atomic mass is 35.5. The van der Waals surface area contributed by atoms with Gasteiger partial charge < -0.3 is 5.32 Å². The second-order valence-electron chi connectivity index (χ2n) is 1.76. The number of nitrogens with one attached hydrogen (secondary N) is 1. The molecule has 1 N–H and O–H groups in total. The Labute approximate surface area is 77.5 Å². The molecular formula is C9H12ClNO. The summed E-state index contributed by atoms with van der Waals surface area (Å²) in [7, 11) is 0. The molecule has 0 aromatic heterocycles. The lowest BCUT2D eigenvalue weighted by molar-refractivity contribution is 0.269. The van der Waals surface area contributed by atoms with Crippen molar-refractivity contribution in [3.05, 3.63) is 30.3 Å². The third-order valence-electron chi connectivity index (χ3n) is 1.02. The smallest absolute Gasteiger partial charge is 0.312 e. The molecule has 0 aliphatic rings. The minimum Gasteiger partial charge on any atom is -0.312 e. The number of rotatable bonds is 1. The molecule has 0 aliphatic carbocycles. The zero-order valence-electron chi connectivity index (χ0n) is 7.17. The van der Waals surface area contributed by atoms with Gasteiger partial charge in [0.15, 0.2) is 0 Å². The van der Waals surface area contributed by atoms with Gasteiger partial charge >= 0.3 is 5.37 Å². The Hall–Kier alpha value is -1.02. The third-order valence-corrected chi connectivity index (χ3v) is 1.11. The van der Waals surface area contributed by atoms with E-state index in [1.165, 1.54) is 0 Å². The number of para-hydroxylation sites is 1. The molecule has 0 aliphatic heterocycles. The number of amides is 1. The Morgan fingerprint density at radius 3 is 2.17 bits per heavy atom. The first-order valence-electron chi connectivity index (χ1n) is 3.80. The molecule has 0 fully saturated rings. The van der Waals surface area contributed by atoms with Gasteiger partial charge in [-0.25, -0.2) is 0 Å². The summed E-state index contributed by atoms with van der Waals surface area (Å²) >= 11 is 5.06. The van der Waals surface area contributed by atoms with Gasteiger partial charge in [0.1, 0.15) is 0 Å². The number of hydrogen-bond acceptors (Lipinski definition) is 1. The van der Waals surface area contributed by atoms with Crippen LogP contribution < -0.4 is 5.32 Å². The van der Waals surface area contributed by atoms with Crippen molar-refractivity contribution in [2.75, 3.05) is 5.32 Å². The number of halogens is 1. The summed E-state index contributed by atoms with van der Waals surface area (Å²) < 4.78 is 0. The Bertz CT molecular complexity index is 223. The maximum Gasteiger partial charge on any atom is 0.318 e. The van der Waals surface area contributed by atoms with Crippen LogP contribution in [0.2, 0.25) is 0 Å². The van der Waals surface area contributed by atoms with Crippen LogP contribution in [0, 0.1) is 0 Å². The summed E-state index contributed by atoms with van der Waals surface area (Å²) in [6, 6.07) is 9.04. The molecule has 2 nitrogen and oxygen atoms in total. The van der Waals surface area contributed by atoms with Gasteiger partial charge in [-0.15, -0.1) is 0 Å². The molecule has 0 saturated heterocycles. The predicted octanol–water partition coefficient (Wildman–Crippen LogP) is 3.48. The number of anilines is 1. The van der Waals surface area contributed by atoms with E-state index in [1.807, 2.05) is 32.0 Å². The summed E-state index contributed by atoms with van der Waals surface area (Å²) in [6.45, 7) is 4.00. The number of carbonyl (C=O) groups is 1. The normalized spacial score (nSPS) is 7.92. The van der Waals surface area contributed by atoms with Gasteiger partial charge in [-0.1, -0.05) is 32.0 Å². The van der Waals surface area contributed by atoms with Crippen molar-refractivity contribution in [1.29, 1.82) is 0 Å². The van der Waals surface area contributed by atoms with Crippen LogP contribution >= 0.6 is 11.6 Å². The average Bonchev–Trinajstić information content (AvgIpc) is 2.08. The van der Waals surface area contributed by atoms with Gasteiger partial charge in [-0.05, 0) is 23.7 Å². The zero-order chi connectivity index (χ0) is 9.40. The molecule has 0 unspecified atom stereocenters. The minimum atomic E-state index is -0.564. The average molecular weight is 186 g/mol. The van der Waals surface area contributed by atoms with Crippen LogP contribution in [0.15, 0.2) is 30.3 Å². The number of benzene rings is 1. The summed E-state index contributed by atoms with van der Waals surface area (Å²) in [5, 5.41) is 1.87. The van der Waals surface area contributed by atoms with Gasteiger partial charge in [0.2, 0.25) is 0 Å². The molecule has 66 valence electrons.